The second-order valence-electron chi connectivity index (χ2n) is 15.8. The molecule has 324 valence electrons. The third kappa shape index (κ3) is 41.3. The number of hydrogen-bond donors (Lipinski definition) is 0. The van der Waals surface area contributed by atoms with Crippen LogP contribution >= 0.6 is 7.82 Å². The maximum Gasteiger partial charge on any atom is 0.306 e. The molecule has 0 aromatic carbocycles. The van der Waals surface area contributed by atoms with E-state index in [0.29, 0.717) is 17.4 Å². The van der Waals surface area contributed by atoms with Gasteiger partial charge in [0.1, 0.15) is 19.8 Å². The number of likely N-dealkylation sites (N-methyl/N-ethyl adjacent to an activating group) is 1. The molecule has 0 aliphatic heterocycles. The van der Waals surface area contributed by atoms with E-state index in [1.54, 1.807) is 0 Å². The number of ether oxygens (including phenoxy) is 2. The van der Waals surface area contributed by atoms with Crippen LogP contribution in [0.2, 0.25) is 0 Å². The molecule has 56 heavy (non-hydrogen) atoms. The van der Waals surface area contributed by atoms with Crippen LogP contribution in [0.25, 0.3) is 0 Å². The lowest BCUT2D eigenvalue weighted by Crippen LogP contribution is -2.37. The van der Waals surface area contributed by atoms with E-state index >= 15 is 0 Å². The van der Waals surface area contributed by atoms with Crippen LogP contribution in [0.15, 0.2) is 60.8 Å². The molecule has 0 N–H and O–H groups in total. The summed E-state index contributed by atoms with van der Waals surface area (Å²) in [4.78, 5) is 37.5. The molecule has 0 saturated heterocycles. The summed E-state index contributed by atoms with van der Waals surface area (Å²) < 4.78 is 33.9. The normalized spacial score (nSPS) is 14.2. The lowest BCUT2D eigenvalue weighted by Gasteiger charge is -2.28. The maximum absolute atomic E-state index is 12.7. The SMILES string of the molecule is CC/C=C/C=C/C=C/C=C/CCCCCCCC(=O)O[C@H](COC(=O)CCCCCCCCC/C=C/CCCCCCCC)COP(=O)([O-])OCC[N+](C)(C)C. The van der Waals surface area contributed by atoms with Gasteiger partial charge in [-0.3, -0.25) is 14.2 Å². The molecule has 0 heterocycles. The molecule has 0 bridgehead atoms. The van der Waals surface area contributed by atoms with E-state index in [4.69, 9.17) is 18.5 Å². The van der Waals surface area contributed by atoms with Gasteiger partial charge in [-0.25, -0.2) is 0 Å². The van der Waals surface area contributed by atoms with Gasteiger partial charge in [0.15, 0.2) is 6.10 Å². The molecule has 0 rings (SSSR count). The predicted octanol–water partition coefficient (Wildman–Crippen LogP) is 11.8. The van der Waals surface area contributed by atoms with Gasteiger partial charge < -0.3 is 27.9 Å². The topological polar surface area (TPSA) is 111 Å². The highest BCUT2D eigenvalue weighted by molar-refractivity contribution is 7.45. The van der Waals surface area contributed by atoms with Crippen molar-refractivity contribution in [3.63, 3.8) is 0 Å². The molecule has 0 fully saturated rings. The van der Waals surface area contributed by atoms with Gasteiger partial charge >= 0.3 is 11.9 Å². The quantitative estimate of drug-likeness (QED) is 0.0151. The maximum atomic E-state index is 12.7. The zero-order valence-corrected chi connectivity index (χ0v) is 37.2. The van der Waals surface area contributed by atoms with Crippen molar-refractivity contribution in [2.75, 3.05) is 47.5 Å². The number of phosphoric ester groups is 1. The van der Waals surface area contributed by atoms with Gasteiger partial charge in [-0.05, 0) is 57.8 Å². The summed E-state index contributed by atoms with van der Waals surface area (Å²) in [6.07, 6.45) is 45.3. The molecule has 0 aromatic heterocycles. The van der Waals surface area contributed by atoms with Crippen molar-refractivity contribution in [1.29, 1.82) is 0 Å². The van der Waals surface area contributed by atoms with Gasteiger partial charge in [0, 0.05) is 12.8 Å². The molecule has 0 saturated carbocycles. The molecule has 9 nitrogen and oxygen atoms in total. The fourth-order valence-corrected chi connectivity index (χ4v) is 6.39. The van der Waals surface area contributed by atoms with Crippen molar-refractivity contribution >= 4 is 19.8 Å². The molecule has 0 radical (unpaired) electrons. The van der Waals surface area contributed by atoms with Crippen LogP contribution in [0.4, 0.5) is 0 Å². The first kappa shape index (κ1) is 53.7. The van der Waals surface area contributed by atoms with Crippen LogP contribution < -0.4 is 4.89 Å². The smallest absolute Gasteiger partial charge is 0.306 e. The Labute approximate surface area is 343 Å². The van der Waals surface area contributed by atoms with Gasteiger partial charge in [0.2, 0.25) is 0 Å². The molecule has 1 unspecified atom stereocenters. The standard InChI is InChI=1S/C46H82NO8P/c1-6-8-10-12-14-16-18-20-22-23-25-26-28-30-32-34-36-38-45(48)52-42-44(43-54-56(50,51)53-41-40-47(3,4)5)55-46(49)39-37-35-33-31-29-27-24-21-19-17-15-13-11-9-7-2/h9,11,13,15,17,19-22,24,44H,6-8,10,12,14,16,18,23,25-43H2,1-5H3/b11-9+,15-13+,19-17+,22-20+,24-21+/t44-/m1/s1. The Kier molecular flexibility index (Phi) is 36.7. The van der Waals surface area contributed by atoms with E-state index < -0.39 is 32.5 Å². The largest absolute Gasteiger partial charge is 0.756 e. The number of carbonyl (C=O) groups is 2. The van der Waals surface area contributed by atoms with Gasteiger partial charge in [0.05, 0.1) is 27.7 Å². The second-order valence-corrected chi connectivity index (χ2v) is 17.2. The minimum Gasteiger partial charge on any atom is -0.756 e. The number of allylic oxidation sites excluding steroid dienone is 10. The Morgan fingerprint density at radius 2 is 1.04 bits per heavy atom. The summed E-state index contributed by atoms with van der Waals surface area (Å²) in [7, 11) is 1.14. The van der Waals surface area contributed by atoms with Gasteiger partial charge in [0.25, 0.3) is 7.82 Å². The minimum atomic E-state index is -4.63. The first-order valence-electron chi connectivity index (χ1n) is 22.0. The summed E-state index contributed by atoms with van der Waals surface area (Å²) in [5.41, 5.74) is 0. The average Bonchev–Trinajstić information content (AvgIpc) is 3.15. The van der Waals surface area contributed by atoms with Crippen LogP contribution in [0.1, 0.15) is 168 Å². The van der Waals surface area contributed by atoms with Crippen molar-refractivity contribution in [2.24, 2.45) is 0 Å². The number of nitrogens with zero attached hydrogens (tertiary/aromatic N) is 1. The first-order valence-corrected chi connectivity index (χ1v) is 23.5. The molecule has 0 spiro atoms. The van der Waals surface area contributed by atoms with Crippen LogP contribution in [-0.2, 0) is 32.7 Å². The van der Waals surface area contributed by atoms with Gasteiger partial charge in [-0.1, -0.05) is 158 Å². The average molecular weight is 808 g/mol. The van der Waals surface area contributed by atoms with Crippen LogP contribution in [0.5, 0.6) is 0 Å². The number of phosphoric acid groups is 1. The van der Waals surface area contributed by atoms with Crippen LogP contribution in [-0.4, -0.2) is 70.0 Å². The third-order valence-electron chi connectivity index (χ3n) is 9.12. The summed E-state index contributed by atoms with van der Waals surface area (Å²) in [6, 6.07) is 0. The Bertz CT molecular complexity index is 1140. The van der Waals surface area contributed by atoms with Crippen molar-refractivity contribution < 1.29 is 42.1 Å². The number of quaternary nitrogens is 1. The number of rotatable bonds is 39. The van der Waals surface area contributed by atoms with Crippen molar-refractivity contribution in [3.05, 3.63) is 60.8 Å². The molecular weight excluding hydrogens is 725 g/mol. The lowest BCUT2D eigenvalue weighted by atomic mass is 10.1. The van der Waals surface area contributed by atoms with E-state index in [0.717, 1.165) is 70.6 Å². The zero-order valence-electron chi connectivity index (χ0n) is 36.3. The summed E-state index contributed by atoms with van der Waals surface area (Å²) in [5, 5.41) is 0. The van der Waals surface area contributed by atoms with E-state index in [1.165, 1.54) is 64.2 Å². The predicted molar refractivity (Wildman–Crippen MR) is 231 cm³/mol. The highest BCUT2D eigenvalue weighted by atomic mass is 31.2. The monoisotopic (exact) mass is 808 g/mol. The molecule has 0 aliphatic carbocycles. The molecule has 10 heteroatoms. The Hall–Kier alpha value is -2.29. The van der Waals surface area contributed by atoms with Crippen LogP contribution in [0, 0.1) is 0 Å². The Morgan fingerprint density at radius 1 is 0.571 bits per heavy atom. The number of carbonyl (C=O) groups excluding carboxylic acids is 2. The van der Waals surface area contributed by atoms with Crippen LogP contribution in [0.3, 0.4) is 0 Å². The fourth-order valence-electron chi connectivity index (χ4n) is 5.66. The van der Waals surface area contributed by atoms with E-state index in [1.807, 2.05) is 51.5 Å². The van der Waals surface area contributed by atoms with Gasteiger partial charge in [-0.15, -0.1) is 0 Å². The third-order valence-corrected chi connectivity index (χ3v) is 10.1. The Morgan fingerprint density at radius 3 is 1.57 bits per heavy atom. The number of hydrogen-bond acceptors (Lipinski definition) is 8. The fraction of sp³-hybridized carbons (Fsp3) is 0.739. The van der Waals surface area contributed by atoms with E-state index in [-0.39, 0.29) is 26.1 Å². The Balaban J connectivity index is 4.40. The lowest BCUT2D eigenvalue weighted by molar-refractivity contribution is -0.870. The summed E-state index contributed by atoms with van der Waals surface area (Å²) in [5.74, 6) is -0.870. The molecule has 0 aliphatic rings. The highest BCUT2D eigenvalue weighted by Gasteiger charge is 2.21. The minimum absolute atomic E-state index is 0.0391. The van der Waals surface area contributed by atoms with Crippen molar-refractivity contribution in [2.45, 2.75) is 174 Å². The highest BCUT2D eigenvalue weighted by Crippen LogP contribution is 2.38. The summed E-state index contributed by atoms with van der Waals surface area (Å²) in [6.45, 7) is 4.04. The molecule has 2 atom stereocenters. The number of unbranched alkanes of at least 4 members (excludes halogenated alkanes) is 18. The molecular formula is C46H82NO8P. The molecule has 0 aromatic rings. The summed E-state index contributed by atoms with van der Waals surface area (Å²) >= 11 is 0. The molecule has 0 amide bonds. The van der Waals surface area contributed by atoms with E-state index in [2.05, 4.69) is 44.2 Å². The first-order chi connectivity index (χ1) is 27.0. The number of esters is 2. The van der Waals surface area contributed by atoms with E-state index in [9.17, 15) is 19.0 Å². The zero-order chi connectivity index (χ0) is 41.4. The van der Waals surface area contributed by atoms with Gasteiger partial charge in [-0.2, -0.15) is 0 Å². The van der Waals surface area contributed by atoms with Crippen molar-refractivity contribution in [3.8, 4) is 0 Å². The second kappa shape index (κ2) is 38.2. The van der Waals surface area contributed by atoms with Crippen molar-refractivity contribution in [1.82, 2.24) is 0 Å².